The SMILES string of the molecule is COc1cc(C(=O)N(Cc2ccc(F)cc2)C2CC2)cc(Cl)c1OC(C)C. The largest absolute Gasteiger partial charge is 0.493 e. The Kier molecular flexibility index (Phi) is 5.90. The highest BCUT2D eigenvalue weighted by molar-refractivity contribution is 6.32. The number of halogens is 2. The number of amides is 1. The van der Waals surface area contributed by atoms with E-state index in [0.29, 0.717) is 28.6 Å². The maximum atomic E-state index is 13.2. The van der Waals surface area contributed by atoms with Gasteiger partial charge in [-0.25, -0.2) is 4.39 Å². The maximum Gasteiger partial charge on any atom is 0.254 e. The first-order valence-electron chi connectivity index (χ1n) is 8.98. The van der Waals surface area contributed by atoms with Gasteiger partial charge in [-0.2, -0.15) is 0 Å². The van der Waals surface area contributed by atoms with Gasteiger partial charge in [0, 0.05) is 18.2 Å². The second-order valence-electron chi connectivity index (χ2n) is 6.95. The van der Waals surface area contributed by atoms with Gasteiger partial charge in [-0.15, -0.1) is 0 Å². The number of carbonyl (C=O) groups is 1. The summed E-state index contributed by atoms with van der Waals surface area (Å²) in [6, 6.07) is 9.68. The van der Waals surface area contributed by atoms with E-state index in [4.69, 9.17) is 21.1 Å². The van der Waals surface area contributed by atoms with Gasteiger partial charge in [0.2, 0.25) is 0 Å². The van der Waals surface area contributed by atoms with Crippen LogP contribution in [0.5, 0.6) is 11.5 Å². The van der Waals surface area contributed by atoms with E-state index >= 15 is 0 Å². The smallest absolute Gasteiger partial charge is 0.254 e. The zero-order chi connectivity index (χ0) is 19.6. The minimum Gasteiger partial charge on any atom is -0.493 e. The third-order valence-corrected chi connectivity index (χ3v) is 4.63. The molecule has 0 N–H and O–H groups in total. The summed E-state index contributed by atoms with van der Waals surface area (Å²) in [6.45, 7) is 4.21. The molecular formula is C21H23ClFNO3. The number of hydrogen-bond acceptors (Lipinski definition) is 3. The van der Waals surface area contributed by atoms with Crippen molar-refractivity contribution in [1.82, 2.24) is 4.90 Å². The highest BCUT2D eigenvalue weighted by Gasteiger charge is 2.33. The topological polar surface area (TPSA) is 38.8 Å². The molecule has 1 aliphatic carbocycles. The lowest BCUT2D eigenvalue weighted by Gasteiger charge is -2.24. The molecule has 6 heteroatoms. The molecule has 3 rings (SSSR count). The van der Waals surface area contributed by atoms with Crippen LogP contribution in [0.1, 0.15) is 42.6 Å². The minimum absolute atomic E-state index is 0.0700. The minimum atomic E-state index is -0.291. The molecule has 2 aromatic carbocycles. The van der Waals surface area contributed by atoms with Crippen molar-refractivity contribution in [2.45, 2.75) is 45.4 Å². The van der Waals surface area contributed by atoms with Crippen molar-refractivity contribution in [3.8, 4) is 11.5 Å². The van der Waals surface area contributed by atoms with Crippen LogP contribution in [0.4, 0.5) is 4.39 Å². The molecule has 0 unspecified atom stereocenters. The van der Waals surface area contributed by atoms with Crippen LogP contribution in [0.25, 0.3) is 0 Å². The highest BCUT2D eigenvalue weighted by atomic mass is 35.5. The summed E-state index contributed by atoms with van der Waals surface area (Å²) < 4.78 is 24.2. The number of hydrogen-bond donors (Lipinski definition) is 0. The molecule has 1 amide bonds. The van der Waals surface area contributed by atoms with Gasteiger partial charge in [0.1, 0.15) is 5.82 Å². The molecule has 0 aromatic heterocycles. The molecular weight excluding hydrogens is 369 g/mol. The molecule has 1 saturated carbocycles. The third kappa shape index (κ3) is 4.72. The molecule has 0 heterocycles. The number of methoxy groups -OCH3 is 1. The van der Waals surface area contributed by atoms with Gasteiger partial charge in [0.05, 0.1) is 18.2 Å². The van der Waals surface area contributed by atoms with Crippen LogP contribution in [-0.4, -0.2) is 30.1 Å². The van der Waals surface area contributed by atoms with Gasteiger partial charge >= 0.3 is 0 Å². The van der Waals surface area contributed by atoms with E-state index in [1.54, 1.807) is 29.2 Å². The van der Waals surface area contributed by atoms with Crippen molar-refractivity contribution in [3.05, 3.63) is 58.4 Å². The Hall–Kier alpha value is -2.27. The molecule has 0 aliphatic heterocycles. The van der Waals surface area contributed by atoms with E-state index in [-0.39, 0.29) is 23.9 Å². The number of benzene rings is 2. The Balaban J connectivity index is 1.87. The first-order chi connectivity index (χ1) is 12.9. The molecule has 2 aromatic rings. The highest BCUT2D eigenvalue weighted by Crippen LogP contribution is 2.38. The number of carbonyl (C=O) groups excluding carboxylic acids is 1. The molecule has 0 atom stereocenters. The van der Waals surface area contributed by atoms with Gasteiger partial charge in [0.25, 0.3) is 5.91 Å². The molecule has 144 valence electrons. The van der Waals surface area contributed by atoms with Gasteiger partial charge in [0.15, 0.2) is 11.5 Å². The molecule has 0 spiro atoms. The van der Waals surface area contributed by atoms with Gasteiger partial charge in [-0.3, -0.25) is 4.79 Å². The predicted octanol–water partition coefficient (Wildman–Crippen LogP) is 5.08. The average molecular weight is 392 g/mol. The molecule has 0 radical (unpaired) electrons. The Morgan fingerprint density at radius 3 is 2.48 bits per heavy atom. The van der Waals surface area contributed by atoms with Crippen LogP contribution in [0.15, 0.2) is 36.4 Å². The van der Waals surface area contributed by atoms with Gasteiger partial charge in [-0.1, -0.05) is 23.7 Å². The van der Waals surface area contributed by atoms with Gasteiger partial charge < -0.3 is 14.4 Å². The summed E-state index contributed by atoms with van der Waals surface area (Å²) in [7, 11) is 1.52. The maximum absolute atomic E-state index is 13.2. The standard InChI is InChI=1S/C21H23ClFNO3/c1-13(2)27-20-18(22)10-15(11-19(20)26-3)21(25)24(17-8-9-17)12-14-4-6-16(23)7-5-14/h4-7,10-11,13,17H,8-9,12H2,1-3H3. The van der Waals surface area contributed by atoms with Crippen LogP contribution in [0.3, 0.4) is 0 Å². The van der Waals surface area contributed by atoms with Crippen molar-refractivity contribution in [2.24, 2.45) is 0 Å². The molecule has 27 heavy (non-hydrogen) atoms. The van der Waals surface area contributed by atoms with E-state index in [9.17, 15) is 9.18 Å². The van der Waals surface area contributed by atoms with Crippen molar-refractivity contribution < 1.29 is 18.7 Å². The average Bonchev–Trinajstić information content (AvgIpc) is 3.46. The Morgan fingerprint density at radius 2 is 1.93 bits per heavy atom. The molecule has 0 saturated heterocycles. The van der Waals surface area contributed by atoms with E-state index in [0.717, 1.165) is 18.4 Å². The Morgan fingerprint density at radius 1 is 1.26 bits per heavy atom. The van der Waals surface area contributed by atoms with Crippen LogP contribution in [0, 0.1) is 5.82 Å². The lowest BCUT2D eigenvalue weighted by atomic mass is 10.1. The lowest BCUT2D eigenvalue weighted by Crippen LogP contribution is -2.32. The summed E-state index contributed by atoms with van der Waals surface area (Å²) in [5.41, 5.74) is 1.33. The Labute approximate surface area is 163 Å². The van der Waals surface area contributed by atoms with E-state index < -0.39 is 0 Å². The lowest BCUT2D eigenvalue weighted by molar-refractivity contribution is 0.0729. The zero-order valence-electron chi connectivity index (χ0n) is 15.7. The van der Waals surface area contributed by atoms with Crippen molar-refractivity contribution in [3.63, 3.8) is 0 Å². The van der Waals surface area contributed by atoms with Crippen molar-refractivity contribution in [1.29, 1.82) is 0 Å². The molecule has 0 bridgehead atoms. The summed E-state index contributed by atoms with van der Waals surface area (Å²) in [5, 5.41) is 0.337. The fourth-order valence-corrected chi connectivity index (χ4v) is 3.15. The predicted molar refractivity (Wildman–Crippen MR) is 103 cm³/mol. The third-order valence-electron chi connectivity index (χ3n) is 4.34. The fraction of sp³-hybridized carbons (Fsp3) is 0.381. The Bertz CT molecular complexity index is 819. The zero-order valence-corrected chi connectivity index (χ0v) is 16.4. The van der Waals surface area contributed by atoms with Crippen LogP contribution in [-0.2, 0) is 6.54 Å². The van der Waals surface area contributed by atoms with Crippen LogP contribution in [0.2, 0.25) is 5.02 Å². The number of ether oxygens (including phenoxy) is 2. The second kappa shape index (κ2) is 8.17. The normalized spacial score (nSPS) is 13.6. The fourth-order valence-electron chi connectivity index (χ4n) is 2.90. The van der Waals surface area contributed by atoms with E-state index in [1.807, 2.05) is 13.8 Å². The number of rotatable bonds is 7. The summed E-state index contributed by atoms with van der Waals surface area (Å²) in [5.74, 6) is 0.442. The monoisotopic (exact) mass is 391 g/mol. The summed E-state index contributed by atoms with van der Waals surface area (Å²) in [4.78, 5) is 15.0. The molecule has 1 fully saturated rings. The summed E-state index contributed by atoms with van der Waals surface area (Å²) >= 11 is 6.36. The first kappa shape index (κ1) is 19.5. The first-order valence-corrected chi connectivity index (χ1v) is 9.36. The molecule has 4 nitrogen and oxygen atoms in total. The van der Waals surface area contributed by atoms with Crippen LogP contribution < -0.4 is 9.47 Å². The molecule has 1 aliphatic rings. The van der Waals surface area contributed by atoms with E-state index in [1.165, 1.54) is 19.2 Å². The van der Waals surface area contributed by atoms with Gasteiger partial charge in [-0.05, 0) is 56.5 Å². The second-order valence-corrected chi connectivity index (χ2v) is 7.35. The van der Waals surface area contributed by atoms with E-state index in [2.05, 4.69) is 0 Å². The van der Waals surface area contributed by atoms with Crippen molar-refractivity contribution in [2.75, 3.05) is 7.11 Å². The number of nitrogens with zero attached hydrogens (tertiary/aromatic N) is 1. The van der Waals surface area contributed by atoms with Crippen molar-refractivity contribution >= 4 is 17.5 Å². The van der Waals surface area contributed by atoms with Crippen LogP contribution >= 0.6 is 11.6 Å². The quantitative estimate of drug-likeness (QED) is 0.660. The summed E-state index contributed by atoms with van der Waals surface area (Å²) in [6.07, 6.45) is 1.86.